The van der Waals surface area contributed by atoms with Gasteiger partial charge in [-0.3, -0.25) is 0 Å². The highest BCUT2D eigenvalue weighted by Gasteiger charge is 2.21. The van der Waals surface area contributed by atoms with Gasteiger partial charge >= 0.3 is 0 Å². The van der Waals surface area contributed by atoms with E-state index in [0.29, 0.717) is 18.0 Å². The van der Waals surface area contributed by atoms with Gasteiger partial charge in [-0.05, 0) is 37.3 Å². The largest absolute Gasteiger partial charge is 0.387 e. The number of aliphatic hydroxyl groups excluding tert-OH is 1. The van der Waals surface area contributed by atoms with Crippen LogP contribution in [-0.2, 0) is 0 Å². The van der Waals surface area contributed by atoms with E-state index in [0.717, 1.165) is 12.5 Å². The van der Waals surface area contributed by atoms with Gasteiger partial charge in [0.2, 0.25) is 0 Å². The summed E-state index contributed by atoms with van der Waals surface area (Å²) in [6.07, 6.45) is 3.08. The molecule has 2 N–H and O–H groups in total. The third-order valence-electron chi connectivity index (χ3n) is 3.84. The molecule has 1 fully saturated rings. The first kappa shape index (κ1) is 13.5. The number of benzene rings is 1. The zero-order valence-corrected chi connectivity index (χ0v) is 10.9. The summed E-state index contributed by atoms with van der Waals surface area (Å²) in [4.78, 5) is 0. The minimum Gasteiger partial charge on any atom is -0.387 e. The first-order valence-electron chi connectivity index (χ1n) is 6.80. The van der Waals surface area contributed by atoms with E-state index in [1.807, 2.05) is 0 Å². The van der Waals surface area contributed by atoms with Crippen LogP contribution in [0, 0.1) is 17.7 Å². The van der Waals surface area contributed by atoms with Crippen molar-refractivity contribution in [3.05, 3.63) is 35.6 Å². The summed E-state index contributed by atoms with van der Waals surface area (Å²) in [5.74, 6) is 1.21. The van der Waals surface area contributed by atoms with E-state index in [-0.39, 0.29) is 5.82 Å². The molecule has 1 aromatic rings. The average molecular weight is 251 g/mol. The van der Waals surface area contributed by atoms with Crippen LogP contribution in [-0.4, -0.2) is 18.2 Å². The van der Waals surface area contributed by atoms with Gasteiger partial charge < -0.3 is 10.4 Å². The lowest BCUT2D eigenvalue weighted by molar-refractivity contribution is 0.168. The van der Waals surface area contributed by atoms with Gasteiger partial charge in [-0.25, -0.2) is 4.39 Å². The lowest BCUT2D eigenvalue weighted by Crippen LogP contribution is -2.26. The van der Waals surface area contributed by atoms with Crippen LogP contribution < -0.4 is 5.32 Å². The van der Waals surface area contributed by atoms with Crippen LogP contribution in [0.25, 0.3) is 0 Å². The highest BCUT2D eigenvalue weighted by Crippen LogP contribution is 2.29. The van der Waals surface area contributed by atoms with Crippen LogP contribution in [0.5, 0.6) is 0 Å². The summed E-state index contributed by atoms with van der Waals surface area (Å²) in [5, 5.41) is 13.2. The maximum absolute atomic E-state index is 13.4. The highest BCUT2D eigenvalue weighted by atomic mass is 19.1. The van der Waals surface area contributed by atoms with E-state index < -0.39 is 6.10 Å². The average Bonchev–Trinajstić information content (AvgIpc) is 2.75. The van der Waals surface area contributed by atoms with E-state index in [1.54, 1.807) is 18.2 Å². The number of hydrogen-bond donors (Lipinski definition) is 2. The fourth-order valence-electron chi connectivity index (χ4n) is 2.79. The molecule has 0 spiro atoms. The Morgan fingerprint density at radius 2 is 2.17 bits per heavy atom. The van der Waals surface area contributed by atoms with Gasteiger partial charge in [0.25, 0.3) is 0 Å². The fourth-order valence-corrected chi connectivity index (χ4v) is 2.79. The Morgan fingerprint density at radius 1 is 1.39 bits per heavy atom. The minimum absolute atomic E-state index is 0.332. The van der Waals surface area contributed by atoms with Gasteiger partial charge in [-0.15, -0.1) is 0 Å². The van der Waals surface area contributed by atoms with Crippen molar-refractivity contribution in [2.45, 2.75) is 32.3 Å². The van der Waals surface area contributed by atoms with E-state index in [1.165, 1.54) is 25.3 Å². The van der Waals surface area contributed by atoms with Crippen molar-refractivity contribution in [2.24, 2.45) is 11.8 Å². The van der Waals surface area contributed by atoms with E-state index in [4.69, 9.17) is 0 Å². The molecule has 2 nitrogen and oxygen atoms in total. The Balaban J connectivity index is 1.75. The quantitative estimate of drug-likeness (QED) is 0.843. The van der Waals surface area contributed by atoms with Crippen LogP contribution in [0.15, 0.2) is 24.3 Å². The molecule has 0 heterocycles. The summed E-state index contributed by atoms with van der Waals surface area (Å²) in [6, 6.07) is 6.41. The summed E-state index contributed by atoms with van der Waals surface area (Å²) in [5.41, 5.74) is 0.379. The van der Waals surface area contributed by atoms with Crippen molar-refractivity contribution in [1.82, 2.24) is 5.32 Å². The Kier molecular flexibility index (Phi) is 4.72. The smallest absolute Gasteiger partial charge is 0.129 e. The molecule has 18 heavy (non-hydrogen) atoms. The van der Waals surface area contributed by atoms with Gasteiger partial charge in [-0.1, -0.05) is 31.5 Å². The molecule has 0 bridgehead atoms. The van der Waals surface area contributed by atoms with Crippen molar-refractivity contribution < 1.29 is 9.50 Å². The molecule has 100 valence electrons. The van der Waals surface area contributed by atoms with E-state index in [2.05, 4.69) is 12.2 Å². The molecule has 0 aliphatic heterocycles. The van der Waals surface area contributed by atoms with Crippen molar-refractivity contribution in [2.75, 3.05) is 13.1 Å². The van der Waals surface area contributed by atoms with Crippen LogP contribution in [0.1, 0.15) is 37.9 Å². The second-order valence-corrected chi connectivity index (χ2v) is 5.48. The lowest BCUT2D eigenvalue weighted by Gasteiger charge is -2.15. The maximum atomic E-state index is 13.4. The van der Waals surface area contributed by atoms with Gasteiger partial charge in [-0.2, -0.15) is 0 Å². The summed E-state index contributed by atoms with van der Waals surface area (Å²) in [6.45, 7) is 3.63. The van der Waals surface area contributed by atoms with E-state index >= 15 is 0 Å². The summed E-state index contributed by atoms with van der Waals surface area (Å²) < 4.78 is 13.4. The number of hydrogen-bond acceptors (Lipinski definition) is 2. The molecule has 1 aromatic carbocycles. The molecule has 3 unspecified atom stereocenters. The molecule has 1 aliphatic rings. The Hall–Kier alpha value is -0.930. The number of halogens is 1. The number of aliphatic hydroxyl groups is 1. The van der Waals surface area contributed by atoms with Gasteiger partial charge in [0, 0.05) is 12.1 Å². The molecular formula is C15H22FNO. The Labute approximate surface area is 108 Å². The van der Waals surface area contributed by atoms with Crippen LogP contribution in [0.4, 0.5) is 4.39 Å². The third kappa shape index (κ3) is 3.53. The van der Waals surface area contributed by atoms with E-state index in [9.17, 15) is 9.50 Å². The molecule has 1 aliphatic carbocycles. The van der Waals surface area contributed by atoms with Crippen LogP contribution in [0.3, 0.4) is 0 Å². The van der Waals surface area contributed by atoms with Crippen molar-refractivity contribution >= 4 is 0 Å². The van der Waals surface area contributed by atoms with Gasteiger partial charge in [0.1, 0.15) is 5.82 Å². The Morgan fingerprint density at radius 3 is 2.83 bits per heavy atom. The molecule has 0 saturated heterocycles. The molecular weight excluding hydrogens is 229 g/mol. The summed E-state index contributed by atoms with van der Waals surface area (Å²) >= 11 is 0. The summed E-state index contributed by atoms with van der Waals surface area (Å²) in [7, 11) is 0. The first-order valence-corrected chi connectivity index (χ1v) is 6.80. The lowest BCUT2D eigenvalue weighted by atomic mass is 10.1. The SMILES string of the molecule is CC1CCC(CNCC(O)c2ccccc2F)C1. The molecule has 1 saturated carbocycles. The zero-order valence-electron chi connectivity index (χ0n) is 10.9. The third-order valence-corrected chi connectivity index (χ3v) is 3.84. The normalized spacial score (nSPS) is 25.3. The van der Waals surface area contributed by atoms with Gasteiger partial charge in [0.15, 0.2) is 0 Å². The molecule has 0 aromatic heterocycles. The Bertz CT molecular complexity index is 383. The maximum Gasteiger partial charge on any atom is 0.129 e. The standard InChI is InChI=1S/C15H22FNO/c1-11-6-7-12(8-11)9-17-10-15(18)13-4-2-3-5-14(13)16/h2-5,11-12,15,17-18H,6-10H2,1H3. The fraction of sp³-hybridized carbons (Fsp3) is 0.600. The predicted octanol–water partition coefficient (Wildman–Crippen LogP) is 2.88. The number of nitrogens with one attached hydrogen (secondary N) is 1. The monoisotopic (exact) mass is 251 g/mol. The second kappa shape index (κ2) is 6.30. The molecule has 0 amide bonds. The molecule has 2 rings (SSSR count). The predicted molar refractivity (Wildman–Crippen MR) is 70.7 cm³/mol. The second-order valence-electron chi connectivity index (χ2n) is 5.48. The van der Waals surface area contributed by atoms with Crippen LogP contribution >= 0.6 is 0 Å². The highest BCUT2D eigenvalue weighted by molar-refractivity contribution is 5.19. The molecule has 3 heteroatoms. The molecule has 3 atom stereocenters. The van der Waals surface area contributed by atoms with Crippen molar-refractivity contribution in [3.63, 3.8) is 0 Å². The number of rotatable bonds is 5. The van der Waals surface area contributed by atoms with Crippen molar-refractivity contribution in [1.29, 1.82) is 0 Å². The molecule has 0 radical (unpaired) electrons. The van der Waals surface area contributed by atoms with Gasteiger partial charge in [0.05, 0.1) is 6.10 Å². The first-order chi connectivity index (χ1) is 8.66. The topological polar surface area (TPSA) is 32.3 Å². The van der Waals surface area contributed by atoms with Crippen LogP contribution in [0.2, 0.25) is 0 Å². The minimum atomic E-state index is -0.759. The zero-order chi connectivity index (χ0) is 13.0. The van der Waals surface area contributed by atoms with Crippen molar-refractivity contribution in [3.8, 4) is 0 Å².